The molecule has 94 heavy (non-hydrogen) atoms. The van der Waals surface area contributed by atoms with E-state index in [0.29, 0.717) is 17.8 Å². The molecule has 0 amide bonds. The highest BCUT2D eigenvalue weighted by Crippen LogP contribution is 2.60. The summed E-state index contributed by atoms with van der Waals surface area (Å²) in [4.78, 5) is 2.73. The van der Waals surface area contributed by atoms with Gasteiger partial charge in [0.1, 0.15) is 23.0 Å². The number of ether oxygens (including phenoxy) is 2. The summed E-state index contributed by atoms with van der Waals surface area (Å²) < 4.78 is 14.9. The number of nitrogens with zero attached hydrogens (tertiary/aromatic N) is 1. The fraction of sp³-hybridized carbons (Fsp3) is 0.114. The minimum Gasteiger partial charge on any atom is -0.458 e. The van der Waals surface area contributed by atoms with Crippen molar-refractivity contribution in [3.63, 3.8) is 0 Å². The molecule has 0 saturated heterocycles. The summed E-state index contributed by atoms with van der Waals surface area (Å²) in [5, 5.41) is 0. The molecule has 0 atom stereocenters. The molecule has 0 N–H and O–H groups in total. The highest BCUT2D eigenvalue weighted by atomic mass is 16.5. The van der Waals surface area contributed by atoms with Crippen molar-refractivity contribution in [2.24, 2.45) is 23.7 Å². The van der Waals surface area contributed by atoms with Crippen LogP contribution in [0.5, 0.6) is 23.0 Å². The molecule has 4 bridgehead atoms. The number of rotatable bonds is 9. The van der Waals surface area contributed by atoms with Crippen molar-refractivity contribution in [2.45, 2.75) is 38.0 Å². The molecule has 0 unspecified atom stereocenters. The number of fused-ring (bicyclic) bond motifs is 8. The summed E-state index contributed by atoms with van der Waals surface area (Å²) in [7, 11) is 0. The van der Waals surface area contributed by atoms with E-state index in [2.05, 4.69) is 302 Å². The predicted molar refractivity (Wildman–Crippen MR) is 393 cm³/mol. The largest absolute Gasteiger partial charge is 0.458 e. The molecule has 4 heterocycles. The Kier molecular flexibility index (Phi) is 12.4. The van der Waals surface area contributed by atoms with E-state index in [1.807, 2.05) is 0 Å². The maximum absolute atomic E-state index is 7.76. The lowest BCUT2D eigenvalue weighted by molar-refractivity contribution is -0.00272. The summed E-state index contributed by atoms with van der Waals surface area (Å²) >= 11 is 0. The van der Waals surface area contributed by atoms with Gasteiger partial charge in [-0.15, -0.1) is 0 Å². The van der Waals surface area contributed by atoms with Crippen LogP contribution >= 0.6 is 0 Å². The standard InChI is InChI=1S/C88H64B3NO2/c1-6-24-57(25-7-1)66-34-16-17-35-67(66)62-51-82-87-83(52-62)94-81-54-74-79(53-75(81)90(87)73-41-19-21-43-80(73)93-82)92-78-42-20-18-40-72(78)89(85-68(58-26-8-2-9-27-58)36-22-37-69(85)59-28-10-3-11-29-59)76-49-65(84-63-45-55-44-56(47-63)48-64(84)46-55)50-77(88(76)92)91(74)86-70(60-30-12-4-13-31-60)38-23-39-71(86)61-32-14-5-15-33-61/h1-43,49-56,63-64,84H,44-48H2. The number of benzene rings is 13. The molecule has 0 spiro atoms. The predicted octanol–water partition coefficient (Wildman–Crippen LogP) is 16.1. The SMILES string of the molecule is c1ccc(-c2ccccc2-c2cc3c4c(c2)Oc2cc5c(cc2B4c2ccccc2O3)N2c3ccccc3B(c3c(-c4ccccc4)cccc3-c3ccccc3)c3cc(C4C6CC7CC(C6)CC4C7)cc(c32)B5c2c(-c3ccccc3)cccc2-c2ccccc2)cc1. The van der Waals surface area contributed by atoms with E-state index >= 15 is 0 Å². The van der Waals surface area contributed by atoms with Gasteiger partial charge in [-0.2, -0.15) is 0 Å². The Morgan fingerprint density at radius 3 is 1.19 bits per heavy atom. The molecule has 4 aliphatic heterocycles. The van der Waals surface area contributed by atoms with Crippen molar-refractivity contribution in [1.82, 2.24) is 0 Å². The zero-order valence-corrected chi connectivity index (χ0v) is 52.2. The molecule has 4 saturated carbocycles. The molecule has 6 heteroatoms. The Morgan fingerprint density at radius 2 is 0.670 bits per heavy atom. The first-order valence-electron chi connectivity index (χ1n) is 34.1. The molecular formula is C88H64B3NO2. The highest BCUT2D eigenvalue weighted by molar-refractivity contribution is 7.04. The minimum atomic E-state index is -0.246. The lowest BCUT2D eigenvalue weighted by Gasteiger charge is -2.55. The number of hydrogen-bond donors (Lipinski definition) is 0. The number of anilines is 3. The van der Waals surface area contributed by atoms with Crippen molar-refractivity contribution in [3.05, 3.63) is 303 Å². The fourth-order valence-corrected chi connectivity index (χ4v) is 19.2. The van der Waals surface area contributed by atoms with E-state index in [1.165, 1.54) is 138 Å². The molecule has 0 radical (unpaired) electrons. The van der Waals surface area contributed by atoms with Crippen LogP contribution < -0.4 is 63.5 Å². The van der Waals surface area contributed by atoms with Crippen LogP contribution in [0.4, 0.5) is 17.1 Å². The van der Waals surface area contributed by atoms with Gasteiger partial charge in [0.05, 0.1) is 0 Å². The highest BCUT2D eigenvalue weighted by Gasteiger charge is 2.52. The van der Waals surface area contributed by atoms with Crippen molar-refractivity contribution in [2.75, 3.05) is 4.90 Å². The number of para-hydroxylation sites is 2. The van der Waals surface area contributed by atoms with Crippen LogP contribution in [0.15, 0.2) is 297 Å². The Bertz CT molecular complexity index is 5050. The van der Waals surface area contributed by atoms with Crippen LogP contribution in [0.3, 0.4) is 0 Å². The quantitative estimate of drug-likeness (QED) is 0.134. The normalized spacial score (nSPS) is 18.6. The van der Waals surface area contributed by atoms with E-state index in [9.17, 15) is 0 Å². The van der Waals surface area contributed by atoms with Crippen LogP contribution in [0.2, 0.25) is 0 Å². The van der Waals surface area contributed by atoms with Gasteiger partial charge < -0.3 is 14.4 Å². The lowest BCUT2D eigenvalue weighted by atomic mass is 9.28. The van der Waals surface area contributed by atoms with Gasteiger partial charge in [-0.05, 0) is 203 Å². The average molecular weight is 1200 g/mol. The second kappa shape index (κ2) is 21.5. The third-order valence-electron chi connectivity index (χ3n) is 22.7. The first-order valence-corrected chi connectivity index (χ1v) is 34.1. The van der Waals surface area contributed by atoms with Gasteiger partial charge in [0, 0.05) is 22.5 Å². The van der Waals surface area contributed by atoms with Crippen LogP contribution in [0, 0.1) is 23.7 Å². The molecular weight excluding hydrogens is 1140 g/mol. The van der Waals surface area contributed by atoms with Crippen molar-refractivity contribution in [3.8, 4) is 89.8 Å². The Balaban J connectivity index is 0.908. The van der Waals surface area contributed by atoms with E-state index in [0.717, 1.165) is 67.9 Å². The van der Waals surface area contributed by atoms with Gasteiger partial charge in [0.25, 0.3) is 6.71 Å². The maximum atomic E-state index is 7.76. The minimum absolute atomic E-state index is 0.135. The van der Waals surface area contributed by atoms with Crippen LogP contribution in [0.25, 0.3) is 66.8 Å². The molecule has 4 fully saturated rings. The summed E-state index contributed by atoms with van der Waals surface area (Å²) in [6.45, 7) is -0.565. The summed E-state index contributed by atoms with van der Waals surface area (Å²) in [6.07, 6.45) is 6.75. The Hall–Kier alpha value is -10.5. The molecule has 0 aromatic heterocycles. The van der Waals surface area contributed by atoms with Crippen molar-refractivity contribution in [1.29, 1.82) is 0 Å². The average Bonchev–Trinajstić information content (AvgIpc) is 0.685. The van der Waals surface area contributed by atoms with E-state index in [1.54, 1.807) is 0 Å². The zero-order valence-electron chi connectivity index (χ0n) is 52.2. The summed E-state index contributed by atoms with van der Waals surface area (Å²) in [5.74, 6) is 6.86. The van der Waals surface area contributed by atoms with Gasteiger partial charge in [0.2, 0.25) is 13.4 Å². The topological polar surface area (TPSA) is 21.7 Å². The smallest absolute Gasteiger partial charge is 0.260 e. The molecule has 3 nitrogen and oxygen atoms in total. The van der Waals surface area contributed by atoms with Crippen LogP contribution in [0.1, 0.15) is 43.6 Å². The van der Waals surface area contributed by atoms with Crippen LogP contribution in [-0.4, -0.2) is 20.1 Å². The molecule has 4 aliphatic carbocycles. The first kappa shape index (κ1) is 54.1. The number of hydrogen-bond acceptors (Lipinski definition) is 3. The second-order valence-electron chi connectivity index (χ2n) is 27.7. The monoisotopic (exact) mass is 1200 g/mol. The van der Waals surface area contributed by atoms with Crippen LogP contribution in [-0.2, 0) is 0 Å². The third kappa shape index (κ3) is 8.41. The molecule has 442 valence electrons. The molecule has 8 aliphatic rings. The summed E-state index contributed by atoms with van der Waals surface area (Å²) in [5.41, 5.74) is 30.9. The molecule has 21 rings (SSSR count). The van der Waals surface area contributed by atoms with Crippen molar-refractivity contribution >= 4 is 86.4 Å². The Morgan fingerprint density at radius 1 is 0.266 bits per heavy atom. The third-order valence-corrected chi connectivity index (χ3v) is 22.7. The molecule has 13 aromatic rings. The molecule has 13 aromatic carbocycles. The first-order chi connectivity index (χ1) is 46.6. The second-order valence-corrected chi connectivity index (χ2v) is 27.7. The fourth-order valence-electron chi connectivity index (χ4n) is 19.2. The van der Waals surface area contributed by atoms with Gasteiger partial charge in [-0.25, -0.2) is 0 Å². The zero-order chi connectivity index (χ0) is 61.5. The van der Waals surface area contributed by atoms with E-state index < -0.39 is 0 Å². The lowest BCUT2D eigenvalue weighted by Crippen LogP contribution is -2.66. The van der Waals surface area contributed by atoms with Gasteiger partial charge in [-0.3, -0.25) is 0 Å². The van der Waals surface area contributed by atoms with E-state index in [4.69, 9.17) is 9.47 Å². The summed E-state index contributed by atoms with van der Waals surface area (Å²) in [6, 6.07) is 112. The van der Waals surface area contributed by atoms with Gasteiger partial charge >= 0.3 is 0 Å². The Labute approximate surface area is 551 Å². The van der Waals surface area contributed by atoms with Crippen molar-refractivity contribution < 1.29 is 9.47 Å². The van der Waals surface area contributed by atoms with Gasteiger partial charge in [0.15, 0.2) is 0 Å². The maximum Gasteiger partial charge on any atom is 0.260 e. The van der Waals surface area contributed by atoms with E-state index in [-0.39, 0.29) is 20.1 Å². The van der Waals surface area contributed by atoms with Gasteiger partial charge in [-0.1, -0.05) is 272 Å².